The standard InChI is InChI=1S/C20H40O4Si/c1-9-10-11-12-17-16(15-22-20(5,6)23-17)18(13-14-21)24-25(7,8)19(2,3)4/h14,16-18H,9-13,15H2,1-8H3/t16-,17-,18+/m1/s1. The first-order valence-electron chi connectivity index (χ1n) is 9.86. The number of rotatable bonds is 9. The topological polar surface area (TPSA) is 44.8 Å². The highest BCUT2D eigenvalue weighted by Crippen LogP contribution is 2.40. The van der Waals surface area contributed by atoms with Crippen LogP contribution in [0.4, 0.5) is 0 Å². The van der Waals surface area contributed by atoms with Crippen LogP contribution in [0.25, 0.3) is 0 Å². The molecule has 5 heteroatoms. The predicted molar refractivity (Wildman–Crippen MR) is 105 cm³/mol. The second kappa shape index (κ2) is 9.11. The maximum Gasteiger partial charge on any atom is 0.192 e. The summed E-state index contributed by atoms with van der Waals surface area (Å²) in [6.45, 7) is 17.9. The van der Waals surface area contributed by atoms with Gasteiger partial charge >= 0.3 is 0 Å². The number of ether oxygens (including phenoxy) is 2. The van der Waals surface area contributed by atoms with Crippen LogP contribution in [-0.4, -0.2) is 39.2 Å². The highest BCUT2D eigenvalue weighted by molar-refractivity contribution is 6.74. The molecule has 0 aromatic carbocycles. The minimum Gasteiger partial charge on any atom is -0.413 e. The van der Waals surface area contributed by atoms with Gasteiger partial charge < -0.3 is 18.7 Å². The Bertz CT molecular complexity index is 414. The molecule has 4 nitrogen and oxygen atoms in total. The molecular formula is C20H40O4Si. The van der Waals surface area contributed by atoms with Crippen molar-refractivity contribution in [3.8, 4) is 0 Å². The van der Waals surface area contributed by atoms with E-state index in [4.69, 9.17) is 13.9 Å². The van der Waals surface area contributed by atoms with Gasteiger partial charge in [-0.1, -0.05) is 47.0 Å². The van der Waals surface area contributed by atoms with Crippen molar-refractivity contribution in [1.29, 1.82) is 0 Å². The van der Waals surface area contributed by atoms with Gasteiger partial charge in [0.2, 0.25) is 0 Å². The molecule has 1 rings (SSSR count). The van der Waals surface area contributed by atoms with E-state index in [2.05, 4.69) is 40.8 Å². The highest BCUT2D eigenvalue weighted by Gasteiger charge is 2.45. The third-order valence-electron chi connectivity index (χ3n) is 5.69. The molecule has 1 aliphatic rings. The maximum atomic E-state index is 11.3. The minimum atomic E-state index is -1.96. The molecular weight excluding hydrogens is 332 g/mol. The molecule has 0 bridgehead atoms. The molecule has 0 aromatic rings. The zero-order chi connectivity index (χ0) is 19.3. The van der Waals surface area contributed by atoms with Crippen molar-refractivity contribution in [2.75, 3.05) is 6.61 Å². The second-order valence-electron chi connectivity index (χ2n) is 9.35. The van der Waals surface area contributed by atoms with Gasteiger partial charge in [-0.3, -0.25) is 0 Å². The van der Waals surface area contributed by atoms with Crippen LogP contribution in [0.2, 0.25) is 18.1 Å². The zero-order valence-corrected chi connectivity index (χ0v) is 18.7. The molecule has 0 aromatic heterocycles. The first-order chi connectivity index (χ1) is 11.4. The molecule has 0 amide bonds. The predicted octanol–water partition coefficient (Wildman–Crippen LogP) is 5.31. The van der Waals surface area contributed by atoms with E-state index in [0.29, 0.717) is 13.0 Å². The normalized spacial score (nSPS) is 25.6. The fourth-order valence-electron chi connectivity index (χ4n) is 3.07. The van der Waals surface area contributed by atoms with Gasteiger partial charge in [-0.05, 0) is 38.4 Å². The summed E-state index contributed by atoms with van der Waals surface area (Å²) in [5.74, 6) is -0.444. The molecule has 0 radical (unpaired) electrons. The van der Waals surface area contributed by atoms with Crippen molar-refractivity contribution in [2.45, 2.75) is 110 Å². The van der Waals surface area contributed by atoms with Gasteiger partial charge in [-0.15, -0.1) is 0 Å². The van der Waals surface area contributed by atoms with Crippen LogP contribution in [0.15, 0.2) is 0 Å². The molecule has 0 unspecified atom stereocenters. The lowest BCUT2D eigenvalue weighted by atomic mass is 9.90. The van der Waals surface area contributed by atoms with E-state index in [9.17, 15) is 4.79 Å². The maximum absolute atomic E-state index is 11.3. The Hall–Kier alpha value is -0.233. The Morgan fingerprint density at radius 1 is 1.28 bits per heavy atom. The Labute approximate surface area is 156 Å². The highest BCUT2D eigenvalue weighted by atomic mass is 28.4. The van der Waals surface area contributed by atoms with E-state index < -0.39 is 14.1 Å². The SMILES string of the molecule is CCCCC[C@H]1OC(C)(C)OC[C@H]1[C@H](CC=O)O[Si](C)(C)C(C)(C)C. The van der Waals surface area contributed by atoms with Crippen LogP contribution in [0.1, 0.15) is 73.6 Å². The van der Waals surface area contributed by atoms with Crippen LogP contribution in [0.3, 0.4) is 0 Å². The molecule has 1 aliphatic heterocycles. The number of carbonyl (C=O) groups is 1. The summed E-state index contributed by atoms with van der Waals surface area (Å²) < 4.78 is 18.8. The molecule has 0 aliphatic carbocycles. The number of unbranched alkanes of at least 4 members (excludes halogenated alkanes) is 2. The summed E-state index contributed by atoms with van der Waals surface area (Å²) in [5, 5.41) is 0.113. The summed E-state index contributed by atoms with van der Waals surface area (Å²) in [4.78, 5) is 11.3. The van der Waals surface area contributed by atoms with E-state index in [-0.39, 0.29) is 23.2 Å². The van der Waals surface area contributed by atoms with Crippen molar-refractivity contribution in [3.63, 3.8) is 0 Å². The number of carbonyl (C=O) groups excluding carboxylic acids is 1. The first kappa shape index (κ1) is 22.8. The lowest BCUT2D eigenvalue weighted by Gasteiger charge is -2.47. The monoisotopic (exact) mass is 372 g/mol. The van der Waals surface area contributed by atoms with E-state index in [1.807, 2.05) is 13.8 Å². The van der Waals surface area contributed by atoms with Gasteiger partial charge in [-0.25, -0.2) is 0 Å². The molecule has 1 heterocycles. The Morgan fingerprint density at radius 2 is 1.92 bits per heavy atom. The summed E-state index contributed by atoms with van der Waals surface area (Å²) in [5.41, 5.74) is 0. The third kappa shape index (κ3) is 6.78. The van der Waals surface area contributed by atoms with Crippen LogP contribution < -0.4 is 0 Å². The van der Waals surface area contributed by atoms with Crippen molar-refractivity contribution in [1.82, 2.24) is 0 Å². The van der Waals surface area contributed by atoms with Crippen molar-refractivity contribution in [3.05, 3.63) is 0 Å². The average molecular weight is 373 g/mol. The van der Waals surface area contributed by atoms with Gasteiger partial charge in [0.1, 0.15) is 6.29 Å². The molecule has 148 valence electrons. The molecule has 1 fully saturated rings. The Kier molecular flexibility index (Phi) is 8.31. The summed E-state index contributed by atoms with van der Waals surface area (Å²) in [6, 6.07) is 0. The van der Waals surface area contributed by atoms with Crippen molar-refractivity contribution < 1.29 is 18.7 Å². The van der Waals surface area contributed by atoms with E-state index >= 15 is 0 Å². The molecule has 1 saturated heterocycles. The quantitative estimate of drug-likeness (QED) is 0.312. The van der Waals surface area contributed by atoms with Crippen LogP contribution in [0, 0.1) is 5.92 Å². The average Bonchev–Trinajstić information content (AvgIpc) is 2.45. The van der Waals surface area contributed by atoms with Gasteiger partial charge in [0.15, 0.2) is 14.1 Å². The van der Waals surface area contributed by atoms with Crippen LogP contribution in [0.5, 0.6) is 0 Å². The van der Waals surface area contributed by atoms with Crippen molar-refractivity contribution >= 4 is 14.6 Å². The molecule has 25 heavy (non-hydrogen) atoms. The lowest BCUT2D eigenvalue weighted by molar-refractivity contribution is -0.302. The summed E-state index contributed by atoms with van der Waals surface area (Å²) >= 11 is 0. The Balaban J connectivity index is 2.94. The number of hydrogen-bond donors (Lipinski definition) is 0. The fraction of sp³-hybridized carbons (Fsp3) is 0.950. The molecule has 0 spiro atoms. The van der Waals surface area contributed by atoms with Gasteiger partial charge in [-0.2, -0.15) is 0 Å². The second-order valence-corrected chi connectivity index (χ2v) is 14.1. The fourth-order valence-corrected chi connectivity index (χ4v) is 4.45. The van der Waals surface area contributed by atoms with Crippen molar-refractivity contribution in [2.24, 2.45) is 5.92 Å². The lowest BCUT2D eigenvalue weighted by Crippen LogP contribution is -2.53. The summed E-state index contributed by atoms with van der Waals surface area (Å²) in [7, 11) is -1.96. The van der Waals surface area contributed by atoms with Crippen LogP contribution >= 0.6 is 0 Å². The largest absolute Gasteiger partial charge is 0.413 e. The Morgan fingerprint density at radius 3 is 2.44 bits per heavy atom. The number of hydrogen-bond acceptors (Lipinski definition) is 4. The van der Waals surface area contributed by atoms with Gasteiger partial charge in [0.05, 0.1) is 18.8 Å². The van der Waals surface area contributed by atoms with E-state index in [1.54, 1.807) is 0 Å². The van der Waals surface area contributed by atoms with E-state index in [0.717, 1.165) is 19.1 Å². The smallest absolute Gasteiger partial charge is 0.192 e. The third-order valence-corrected chi connectivity index (χ3v) is 10.2. The zero-order valence-electron chi connectivity index (χ0n) is 17.7. The van der Waals surface area contributed by atoms with Crippen LogP contribution in [-0.2, 0) is 18.7 Å². The van der Waals surface area contributed by atoms with Gasteiger partial charge in [0, 0.05) is 12.3 Å². The molecule has 3 atom stereocenters. The minimum absolute atomic E-state index is 0.0880. The van der Waals surface area contributed by atoms with E-state index in [1.165, 1.54) is 12.8 Å². The molecule has 0 N–H and O–H groups in total. The molecule has 0 saturated carbocycles. The van der Waals surface area contributed by atoms with Gasteiger partial charge in [0.25, 0.3) is 0 Å². The summed E-state index contributed by atoms with van der Waals surface area (Å²) in [6.07, 6.45) is 5.90. The number of aldehydes is 1. The first-order valence-corrected chi connectivity index (χ1v) is 12.8.